The van der Waals surface area contributed by atoms with Crippen LogP contribution in [0.1, 0.15) is 95.8 Å². The summed E-state index contributed by atoms with van der Waals surface area (Å²) in [6.07, 6.45) is 5.94. The molecule has 1 heterocycles. The van der Waals surface area contributed by atoms with Crippen LogP contribution in [0.4, 0.5) is 0 Å². The topological polar surface area (TPSA) is 51.2 Å². The van der Waals surface area contributed by atoms with E-state index in [0.29, 0.717) is 5.56 Å². The lowest BCUT2D eigenvalue weighted by atomic mass is 9.82. The highest BCUT2D eigenvalue weighted by atomic mass is 16.5. The number of hydrogen-bond donors (Lipinski definition) is 1. The van der Waals surface area contributed by atoms with E-state index in [1.807, 2.05) is 36.4 Å². The number of carbonyl (C=O) groups excluding carboxylic acids is 1. The molecule has 1 aromatic heterocycles. The number of rotatable bonds is 8. The fourth-order valence-corrected chi connectivity index (χ4v) is 4.06. The Morgan fingerprint density at radius 3 is 2.42 bits per heavy atom. The number of pyridine rings is 1. The fraction of sp³-hybridized carbons (Fsp3) is 0.556. The largest absolute Gasteiger partial charge is 0.490 e. The average molecular weight is 423 g/mol. The maximum absolute atomic E-state index is 13.2. The molecule has 0 aliphatic heterocycles. The van der Waals surface area contributed by atoms with E-state index in [1.54, 1.807) is 6.20 Å². The zero-order valence-corrected chi connectivity index (χ0v) is 20.2. The maximum atomic E-state index is 13.2. The molecule has 1 amide bonds. The SMILES string of the molecule is CCCC(C)(C)C(C)Oc1ccc(C(=O)NC2(c3ccccn3)CC2)cc1C(C)(C)C. The van der Waals surface area contributed by atoms with Crippen LogP contribution >= 0.6 is 0 Å². The molecule has 0 saturated heterocycles. The molecule has 1 atom stereocenters. The van der Waals surface area contributed by atoms with Crippen molar-refractivity contribution in [1.82, 2.24) is 10.3 Å². The van der Waals surface area contributed by atoms with Gasteiger partial charge in [0.2, 0.25) is 0 Å². The summed E-state index contributed by atoms with van der Waals surface area (Å²) in [4.78, 5) is 17.6. The molecular formula is C27H38N2O2. The lowest BCUT2D eigenvalue weighted by Crippen LogP contribution is -2.36. The van der Waals surface area contributed by atoms with Gasteiger partial charge in [-0.3, -0.25) is 9.78 Å². The Hall–Kier alpha value is -2.36. The van der Waals surface area contributed by atoms with Crippen LogP contribution in [-0.4, -0.2) is 17.0 Å². The molecule has 168 valence electrons. The molecule has 3 rings (SSSR count). The van der Waals surface area contributed by atoms with Gasteiger partial charge in [0, 0.05) is 22.7 Å². The van der Waals surface area contributed by atoms with E-state index in [-0.39, 0.29) is 28.4 Å². The van der Waals surface area contributed by atoms with Crippen molar-refractivity contribution in [2.45, 2.75) is 91.2 Å². The quantitative estimate of drug-likeness (QED) is 0.536. The summed E-state index contributed by atoms with van der Waals surface area (Å²) >= 11 is 0. The molecule has 0 spiro atoms. The lowest BCUT2D eigenvalue weighted by Gasteiger charge is -2.34. The van der Waals surface area contributed by atoms with E-state index < -0.39 is 0 Å². The number of benzene rings is 1. The van der Waals surface area contributed by atoms with Gasteiger partial charge < -0.3 is 10.1 Å². The summed E-state index contributed by atoms with van der Waals surface area (Å²) in [7, 11) is 0. The molecule has 4 nitrogen and oxygen atoms in total. The van der Waals surface area contributed by atoms with E-state index in [4.69, 9.17) is 4.74 Å². The van der Waals surface area contributed by atoms with Crippen molar-refractivity contribution in [3.8, 4) is 5.75 Å². The van der Waals surface area contributed by atoms with Crippen LogP contribution in [0.5, 0.6) is 5.75 Å². The van der Waals surface area contributed by atoms with E-state index in [9.17, 15) is 4.79 Å². The fourth-order valence-electron chi connectivity index (χ4n) is 4.06. The molecule has 2 aromatic rings. The molecule has 1 N–H and O–H groups in total. The van der Waals surface area contributed by atoms with Crippen molar-refractivity contribution in [3.05, 3.63) is 59.4 Å². The van der Waals surface area contributed by atoms with Gasteiger partial charge in [0.25, 0.3) is 5.91 Å². The predicted molar refractivity (Wildman–Crippen MR) is 127 cm³/mol. The summed E-state index contributed by atoms with van der Waals surface area (Å²) < 4.78 is 6.46. The standard InChI is InChI=1S/C27H38N2O2/c1-8-14-26(6,7)19(2)31-22-13-12-20(18-21(22)25(3,4)5)24(30)29-27(15-16-27)23-11-9-10-17-28-23/h9-13,17-19H,8,14-16H2,1-7H3,(H,29,30). The highest BCUT2D eigenvalue weighted by molar-refractivity contribution is 5.95. The third kappa shape index (κ3) is 5.28. The summed E-state index contributed by atoms with van der Waals surface area (Å²) in [6, 6.07) is 11.7. The van der Waals surface area contributed by atoms with E-state index in [1.165, 1.54) is 0 Å². The van der Waals surface area contributed by atoms with E-state index in [2.05, 4.69) is 58.8 Å². The molecule has 1 unspecified atom stereocenters. The van der Waals surface area contributed by atoms with Crippen molar-refractivity contribution >= 4 is 5.91 Å². The Labute approximate surface area is 187 Å². The molecule has 1 saturated carbocycles. The van der Waals surface area contributed by atoms with Crippen LogP contribution in [0.25, 0.3) is 0 Å². The zero-order chi connectivity index (χ0) is 22.9. The van der Waals surface area contributed by atoms with Gasteiger partial charge in [0.15, 0.2) is 0 Å². The van der Waals surface area contributed by atoms with Crippen molar-refractivity contribution in [2.24, 2.45) is 5.41 Å². The summed E-state index contributed by atoms with van der Waals surface area (Å²) in [5.41, 5.74) is 2.28. The highest BCUT2D eigenvalue weighted by Gasteiger charge is 2.47. The van der Waals surface area contributed by atoms with Crippen LogP contribution in [0, 0.1) is 5.41 Å². The lowest BCUT2D eigenvalue weighted by molar-refractivity contribution is 0.0791. The zero-order valence-electron chi connectivity index (χ0n) is 20.2. The first-order valence-corrected chi connectivity index (χ1v) is 11.5. The van der Waals surface area contributed by atoms with Crippen LogP contribution in [-0.2, 0) is 11.0 Å². The van der Waals surface area contributed by atoms with Gasteiger partial charge >= 0.3 is 0 Å². The van der Waals surface area contributed by atoms with Crippen LogP contribution < -0.4 is 10.1 Å². The molecule has 1 aliphatic carbocycles. The molecule has 1 fully saturated rings. The second-order valence-electron chi connectivity index (χ2n) is 10.7. The maximum Gasteiger partial charge on any atom is 0.252 e. The van der Waals surface area contributed by atoms with Crippen LogP contribution in [0.3, 0.4) is 0 Å². The van der Waals surface area contributed by atoms with Crippen molar-refractivity contribution < 1.29 is 9.53 Å². The highest BCUT2D eigenvalue weighted by Crippen LogP contribution is 2.45. The molecule has 4 heteroatoms. The molecule has 1 aromatic carbocycles. The van der Waals surface area contributed by atoms with Gasteiger partial charge in [-0.15, -0.1) is 0 Å². The third-order valence-electron chi connectivity index (χ3n) is 6.61. The first-order chi connectivity index (χ1) is 14.5. The normalized spacial score (nSPS) is 16.5. The Balaban J connectivity index is 1.84. The van der Waals surface area contributed by atoms with Crippen molar-refractivity contribution in [1.29, 1.82) is 0 Å². The van der Waals surface area contributed by atoms with Gasteiger partial charge in [0.05, 0.1) is 11.2 Å². The number of nitrogens with one attached hydrogen (secondary N) is 1. The van der Waals surface area contributed by atoms with Crippen LogP contribution in [0.2, 0.25) is 0 Å². The number of aromatic nitrogens is 1. The van der Waals surface area contributed by atoms with Gasteiger partial charge in [-0.2, -0.15) is 0 Å². The molecular weight excluding hydrogens is 384 g/mol. The average Bonchev–Trinajstić information content (AvgIpc) is 3.48. The Morgan fingerprint density at radius 1 is 1.16 bits per heavy atom. The van der Waals surface area contributed by atoms with E-state index >= 15 is 0 Å². The third-order valence-corrected chi connectivity index (χ3v) is 6.61. The summed E-state index contributed by atoms with van der Waals surface area (Å²) in [5.74, 6) is 0.811. The first-order valence-electron chi connectivity index (χ1n) is 11.5. The van der Waals surface area contributed by atoms with Crippen molar-refractivity contribution in [3.63, 3.8) is 0 Å². The minimum absolute atomic E-state index is 0.0560. The Morgan fingerprint density at radius 2 is 1.87 bits per heavy atom. The van der Waals surface area contributed by atoms with Gasteiger partial charge in [0.1, 0.15) is 11.9 Å². The second kappa shape index (κ2) is 8.64. The summed E-state index contributed by atoms with van der Waals surface area (Å²) in [5, 5.41) is 3.24. The Kier molecular flexibility index (Phi) is 6.50. The molecule has 0 radical (unpaired) electrons. The van der Waals surface area contributed by atoms with E-state index in [0.717, 1.165) is 42.7 Å². The number of nitrogens with zero attached hydrogens (tertiary/aromatic N) is 1. The first kappa shape index (κ1) is 23.3. The predicted octanol–water partition coefficient (Wildman–Crippen LogP) is 6.39. The van der Waals surface area contributed by atoms with Gasteiger partial charge in [-0.25, -0.2) is 0 Å². The molecule has 0 bridgehead atoms. The monoisotopic (exact) mass is 422 g/mol. The van der Waals surface area contributed by atoms with Gasteiger partial charge in [-0.05, 0) is 61.9 Å². The summed E-state index contributed by atoms with van der Waals surface area (Å²) in [6.45, 7) is 15.4. The number of ether oxygens (including phenoxy) is 1. The molecule has 1 aliphatic rings. The molecule has 31 heavy (non-hydrogen) atoms. The number of amides is 1. The minimum Gasteiger partial charge on any atom is -0.490 e. The van der Waals surface area contributed by atoms with Gasteiger partial charge in [-0.1, -0.05) is 54.0 Å². The Bertz CT molecular complexity index is 909. The minimum atomic E-state index is -0.325. The second-order valence-corrected chi connectivity index (χ2v) is 10.7. The smallest absolute Gasteiger partial charge is 0.252 e. The number of hydrogen-bond acceptors (Lipinski definition) is 3. The number of carbonyl (C=O) groups is 1. The van der Waals surface area contributed by atoms with Crippen molar-refractivity contribution in [2.75, 3.05) is 0 Å². The van der Waals surface area contributed by atoms with Crippen LogP contribution in [0.15, 0.2) is 42.6 Å².